The van der Waals surface area contributed by atoms with Gasteiger partial charge in [-0.1, -0.05) is 37.3 Å². The number of aliphatic hydroxyl groups is 1. The number of rotatable bonds is 7. The average Bonchev–Trinajstić information content (AvgIpc) is 2.54. The van der Waals surface area contributed by atoms with E-state index < -0.39 is 6.16 Å². The van der Waals surface area contributed by atoms with Gasteiger partial charge >= 0.3 is 6.16 Å². The van der Waals surface area contributed by atoms with Crippen molar-refractivity contribution in [2.45, 2.75) is 26.0 Å². The summed E-state index contributed by atoms with van der Waals surface area (Å²) >= 11 is 0. The van der Waals surface area contributed by atoms with Crippen LogP contribution in [0.5, 0.6) is 0 Å². The maximum atomic E-state index is 11.5. The highest BCUT2D eigenvalue weighted by atomic mass is 16.7. The second-order valence-electron chi connectivity index (χ2n) is 5.46. The number of aliphatic hydroxyl groups excluding tert-OH is 1. The molecular formula is C16H21NO5. The van der Waals surface area contributed by atoms with Gasteiger partial charge < -0.3 is 19.9 Å². The molecule has 2 N–H and O–H groups in total. The zero-order chi connectivity index (χ0) is 15.9. The van der Waals surface area contributed by atoms with Crippen LogP contribution in [-0.4, -0.2) is 36.4 Å². The van der Waals surface area contributed by atoms with Crippen molar-refractivity contribution in [1.29, 1.82) is 0 Å². The minimum atomic E-state index is -0.740. The lowest BCUT2D eigenvalue weighted by molar-refractivity contribution is -0.138. The van der Waals surface area contributed by atoms with Gasteiger partial charge in [0.05, 0.1) is 12.5 Å². The fourth-order valence-corrected chi connectivity index (χ4v) is 2.43. The van der Waals surface area contributed by atoms with Gasteiger partial charge in [-0.25, -0.2) is 4.79 Å². The molecule has 1 saturated heterocycles. The third-order valence-corrected chi connectivity index (χ3v) is 3.83. The van der Waals surface area contributed by atoms with Crippen molar-refractivity contribution in [3.8, 4) is 0 Å². The summed E-state index contributed by atoms with van der Waals surface area (Å²) in [5, 5.41) is 11.9. The number of nitrogens with one attached hydrogen (secondary N) is 1. The first-order chi connectivity index (χ1) is 10.6. The van der Waals surface area contributed by atoms with Crippen LogP contribution in [-0.2, 0) is 20.9 Å². The van der Waals surface area contributed by atoms with Crippen LogP contribution in [0.25, 0.3) is 0 Å². The maximum absolute atomic E-state index is 11.5. The molecular weight excluding hydrogens is 286 g/mol. The molecule has 1 aromatic carbocycles. The van der Waals surface area contributed by atoms with Gasteiger partial charge in [0.1, 0.15) is 6.61 Å². The van der Waals surface area contributed by atoms with Crippen LogP contribution in [0.4, 0.5) is 4.79 Å². The minimum Gasteiger partial charge on any atom is -0.434 e. The zero-order valence-corrected chi connectivity index (χ0v) is 12.5. The SMILES string of the molecule is C[C@@H](CO)[C@@H]1NC(=O)[C@H]1CCOC(=O)OCc1ccccc1. The predicted molar refractivity (Wildman–Crippen MR) is 78.9 cm³/mol. The van der Waals surface area contributed by atoms with Gasteiger partial charge in [0, 0.05) is 18.6 Å². The summed E-state index contributed by atoms with van der Waals surface area (Å²) in [5.41, 5.74) is 0.884. The van der Waals surface area contributed by atoms with Crippen molar-refractivity contribution in [3.63, 3.8) is 0 Å². The van der Waals surface area contributed by atoms with Gasteiger partial charge in [-0.3, -0.25) is 4.79 Å². The Bertz CT molecular complexity index is 505. The molecule has 6 heteroatoms. The molecule has 1 heterocycles. The Morgan fingerprint density at radius 2 is 2.05 bits per heavy atom. The van der Waals surface area contributed by atoms with Crippen molar-refractivity contribution in [2.24, 2.45) is 11.8 Å². The van der Waals surface area contributed by atoms with Crippen molar-refractivity contribution in [1.82, 2.24) is 5.32 Å². The molecule has 2 rings (SSSR count). The summed E-state index contributed by atoms with van der Waals surface area (Å²) in [7, 11) is 0. The summed E-state index contributed by atoms with van der Waals surface area (Å²) < 4.78 is 9.96. The van der Waals surface area contributed by atoms with Crippen LogP contribution in [0.15, 0.2) is 30.3 Å². The van der Waals surface area contributed by atoms with Crippen molar-refractivity contribution in [3.05, 3.63) is 35.9 Å². The normalized spacial score (nSPS) is 21.5. The van der Waals surface area contributed by atoms with E-state index >= 15 is 0 Å². The van der Waals surface area contributed by atoms with E-state index in [2.05, 4.69) is 5.32 Å². The van der Waals surface area contributed by atoms with Gasteiger partial charge in [-0.2, -0.15) is 0 Å². The predicted octanol–water partition coefficient (Wildman–Crippen LogP) is 1.47. The number of hydrogen-bond donors (Lipinski definition) is 2. The fourth-order valence-electron chi connectivity index (χ4n) is 2.43. The fraction of sp³-hybridized carbons (Fsp3) is 0.500. The number of hydrogen-bond acceptors (Lipinski definition) is 5. The Labute approximate surface area is 129 Å². The molecule has 0 radical (unpaired) electrons. The maximum Gasteiger partial charge on any atom is 0.508 e. The Morgan fingerprint density at radius 1 is 1.32 bits per heavy atom. The first-order valence-corrected chi connectivity index (χ1v) is 7.36. The third-order valence-electron chi connectivity index (χ3n) is 3.83. The summed E-state index contributed by atoms with van der Waals surface area (Å²) in [5.74, 6) is -0.289. The molecule has 0 aromatic heterocycles. The van der Waals surface area contributed by atoms with E-state index in [1.54, 1.807) is 0 Å². The number of benzene rings is 1. The smallest absolute Gasteiger partial charge is 0.434 e. The van der Waals surface area contributed by atoms with Crippen molar-refractivity contribution >= 4 is 12.1 Å². The van der Waals surface area contributed by atoms with Crippen LogP contribution in [0.1, 0.15) is 18.9 Å². The van der Waals surface area contributed by atoms with Gasteiger partial charge in [0.25, 0.3) is 0 Å². The van der Waals surface area contributed by atoms with Crippen LogP contribution in [0.2, 0.25) is 0 Å². The van der Waals surface area contributed by atoms with E-state index in [1.165, 1.54) is 0 Å². The number of carbonyl (C=O) groups is 2. The molecule has 0 aliphatic carbocycles. The lowest BCUT2D eigenvalue weighted by atomic mass is 9.80. The second kappa shape index (κ2) is 7.79. The zero-order valence-electron chi connectivity index (χ0n) is 12.5. The number of ether oxygens (including phenoxy) is 2. The Balaban J connectivity index is 1.65. The van der Waals surface area contributed by atoms with Gasteiger partial charge in [-0.15, -0.1) is 0 Å². The van der Waals surface area contributed by atoms with E-state index in [0.717, 1.165) is 5.56 Å². The minimum absolute atomic E-state index is 0.00673. The van der Waals surface area contributed by atoms with Crippen LogP contribution in [0, 0.1) is 11.8 Å². The topological polar surface area (TPSA) is 84.9 Å². The second-order valence-corrected chi connectivity index (χ2v) is 5.46. The van der Waals surface area contributed by atoms with E-state index in [-0.39, 0.29) is 43.6 Å². The highest BCUT2D eigenvalue weighted by Crippen LogP contribution is 2.25. The quantitative estimate of drug-likeness (QED) is 0.588. The first kappa shape index (κ1) is 16.3. The molecule has 1 aromatic rings. The van der Waals surface area contributed by atoms with Gasteiger partial charge in [0.15, 0.2) is 0 Å². The number of amides is 1. The third kappa shape index (κ3) is 4.21. The van der Waals surface area contributed by atoms with E-state index in [0.29, 0.717) is 6.42 Å². The van der Waals surface area contributed by atoms with Gasteiger partial charge in [0.2, 0.25) is 5.91 Å². The van der Waals surface area contributed by atoms with Crippen LogP contribution < -0.4 is 5.32 Å². The van der Waals surface area contributed by atoms with Crippen LogP contribution in [0.3, 0.4) is 0 Å². The molecule has 3 atom stereocenters. The molecule has 1 aliphatic rings. The van der Waals surface area contributed by atoms with Crippen molar-refractivity contribution in [2.75, 3.05) is 13.2 Å². The highest BCUT2D eigenvalue weighted by Gasteiger charge is 2.41. The summed E-state index contributed by atoms with van der Waals surface area (Å²) in [6.45, 7) is 2.17. The van der Waals surface area contributed by atoms with E-state index in [4.69, 9.17) is 14.6 Å². The number of β-lactam (4-membered cyclic amide) rings is 1. The largest absolute Gasteiger partial charge is 0.508 e. The Kier molecular flexibility index (Phi) is 5.77. The van der Waals surface area contributed by atoms with Crippen molar-refractivity contribution < 1.29 is 24.2 Å². The monoisotopic (exact) mass is 307 g/mol. The van der Waals surface area contributed by atoms with Gasteiger partial charge in [-0.05, 0) is 12.0 Å². The Hall–Kier alpha value is -2.08. The lowest BCUT2D eigenvalue weighted by Crippen LogP contribution is -2.61. The number of carbonyl (C=O) groups excluding carboxylic acids is 2. The highest BCUT2D eigenvalue weighted by molar-refractivity contribution is 5.85. The molecule has 22 heavy (non-hydrogen) atoms. The molecule has 1 aliphatic heterocycles. The first-order valence-electron chi connectivity index (χ1n) is 7.36. The summed E-state index contributed by atoms with van der Waals surface area (Å²) in [6, 6.07) is 9.26. The summed E-state index contributed by atoms with van der Waals surface area (Å²) in [4.78, 5) is 23.0. The van der Waals surface area contributed by atoms with E-state index in [9.17, 15) is 9.59 Å². The standard InChI is InChI=1S/C16H21NO5/c1-11(9-18)14-13(15(19)17-14)7-8-21-16(20)22-10-12-5-3-2-4-6-12/h2-6,11,13-14,18H,7-10H2,1H3,(H,17,19)/t11-,13-,14-/m0/s1. The average molecular weight is 307 g/mol. The molecule has 6 nitrogen and oxygen atoms in total. The molecule has 1 amide bonds. The summed E-state index contributed by atoms with van der Waals surface area (Å²) in [6.07, 6.45) is -0.309. The molecule has 0 bridgehead atoms. The molecule has 120 valence electrons. The molecule has 0 spiro atoms. The molecule has 1 fully saturated rings. The van der Waals surface area contributed by atoms with E-state index in [1.807, 2.05) is 37.3 Å². The molecule has 0 saturated carbocycles. The Morgan fingerprint density at radius 3 is 2.68 bits per heavy atom. The lowest BCUT2D eigenvalue weighted by Gasteiger charge is -2.40. The molecule has 0 unspecified atom stereocenters. The van der Waals surface area contributed by atoms with Crippen LogP contribution >= 0.6 is 0 Å².